The fourth-order valence-corrected chi connectivity index (χ4v) is 3.10. The molecule has 1 fully saturated rings. The number of amides is 2. The first-order valence-corrected chi connectivity index (χ1v) is 8.82. The number of anilines is 2. The summed E-state index contributed by atoms with van der Waals surface area (Å²) < 4.78 is 0. The third-order valence-corrected chi connectivity index (χ3v) is 4.71. The van der Waals surface area contributed by atoms with Crippen LogP contribution in [0.5, 0.6) is 0 Å². The van der Waals surface area contributed by atoms with E-state index in [9.17, 15) is 9.59 Å². The predicted molar refractivity (Wildman–Crippen MR) is 102 cm³/mol. The van der Waals surface area contributed by atoms with Gasteiger partial charge in [0.15, 0.2) is 0 Å². The maximum absolute atomic E-state index is 12.5. The molecule has 0 bridgehead atoms. The Morgan fingerprint density at radius 3 is 2.38 bits per heavy atom. The molecule has 136 valence electrons. The molecule has 2 aromatic rings. The van der Waals surface area contributed by atoms with Crippen LogP contribution in [0, 0.1) is 5.92 Å². The first kappa shape index (κ1) is 17.9. The molecular weight excluding hydrogens is 328 g/mol. The van der Waals surface area contributed by atoms with Gasteiger partial charge in [-0.05, 0) is 49.2 Å². The SMILES string of the molecule is CN(C)c1ccc(NC(=O)C2CCN(C(=O)c3cccnc3)CC2)cc1. The van der Waals surface area contributed by atoms with Gasteiger partial charge in [0.2, 0.25) is 5.91 Å². The Kier molecular flexibility index (Phi) is 5.51. The maximum Gasteiger partial charge on any atom is 0.255 e. The van der Waals surface area contributed by atoms with Gasteiger partial charge in [-0.15, -0.1) is 0 Å². The Morgan fingerprint density at radius 2 is 1.81 bits per heavy atom. The molecule has 6 heteroatoms. The van der Waals surface area contributed by atoms with Crippen molar-refractivity contribution < 1.29 is 9.59 Å². The second-order valence-corrected chi connectivity index (χ2v) is 6.74. The molecule has 0 unspecified atom stereocenters. The van der Waals surface area contributed by atoms with Gasteiger partial charge in [-0.25, -0.2) is 0 Å². The van der Waals surface area contributed by atoms with Crippen LogP contribution >= 0.6 is 0 Å². The number of nitrogens with zero attached hydrogens (tertiary/aromatic N) is 3. The van der Waals surface area contributed by atoms with Gasteiger partial charge in [-0.3, -0.25) is 14.6 Å². The van der Waals surface area contributed by atoms with Gasteiger partial charge in [-0.1, -0.05) is 0 Å². The van der Waals surface area contributed by atoms with Crippen molar-refractivity contribution in [2.45, 2.75) is 12.8 Å². The highest BCUT2D eigenvalue weighted by atomic mass is 16.2. The van der Waals surface area contributed by atoms with E-state index >= 15 is 0 Å². The number of likely N-dealkylation sites (tertiary alicyclic amines) is 1. The Balaban J connectivity index is 1.52. The van der Waals surface area contributed by atoms with Crippen molar-refractivity contribution >= 4 is 23.2 Å². The molecule has 3 rings (SSSR count). The summed E-state index contributed by atoms with van der Waals surface area (Å²) >= 11 is 0. The Labute approximate surface area is 153 Å². The number of hydrogen-bond donors (Lipinski definition) is 1. The topological polar surface area (TPSA) is 65.5 Å². The van der Waals surface area contributed by atoms with E-state index in [1.165, 1.54) is 0 Å². The van der Waals surface area contributed by atoms with Crippen LogP contribution in [0.2, 0.25) is 0 Å². The van der Waals surface area contributed by atoms with Crippen molar-refractivity contribution in [1.29, 1.82) is 0 Å². The van der Waals surface area contributed by atoms with E-state index in [4.69, 9.17) is 0 Å². The highest BCUT2D eigenvalue weighted by molar-refractivity contribution is 5.95. The average Bonchev–Trinajstić information content (AvgIpc) is 2.68. The molecule has 2 heterocycles. The lowest BCUT2D eigenvalue weighted by molar-refractivity contribution is -0.121. The van der Waals surface area contributed by atoms with Crippen LogP contribution in [-0.2, 0) is 4.79 Å². The number of pyridine rings is 1. The molecule has 0 spiro atoms. The lowest BCUT2D eigenvalue weighted by atomic mass is 9.95. The zero-order valence-electron chi connectivity index (χ0n) is 15.2. The third kappa shape index (κ3) is 4.20. The third-order valence-electron chi connectivity index (χ3n) is 4.71. The second-order valence-electron chi connectivity index (χ2n) is 6.74. The summed E-state index contributed by atoms with van der Waals surface area (Å²) in [5, 5.41) is 2.98. The summed E-state index contributed by atoms with van der Waals surface area (Å²) in [7, 11) is 3.96. The van der Waals surface area contributed by atoms with E-state index in [1.807, 2.05) is 43.3 Å². The van der Waals surface area contributed by atoms with Gasteiger partial charge in [0, 0.05) is 56.9 Å². The van der Waals surface area contributed by atoms with E-state index in [0.29, 0.717) is 31.5 Å². The molecular formula is C20H24N4O2. The Morgan fingerprint density at radius 1 is 1.12 bits per heavy atom. The van der Waals surface area contributed by atoms with E-state index < -0.39 is 0 Å². The fraction of sp³-hybridized carbons (Fsp3) is 0.350. The molecule has 0 atom stereocenters. The average molecular weight is 352 g/mol. The number of nitrogens with one attached hydrogen (secondary N) is 1. The van der Waals surface area contributed by atoms with Gasteiger partial charge in [0.05, 0.1) is 5.56 Å². The fourth-order valence-electron chi connectivity index (χ4n) is 3.10. The number of carbonyl (C=O) groups excluding carboxylic acids is 2. The summed E-state index contributed by atoms with van der Waals surface area (Å²) in [5.74, 6) is -0.0613. The Bertz CT molecular complexity index is 751. The summed E-state index contributed by atoms with van der Waals surface area (Å²) in [6, 6.07) is 11.3. The van der Waals surface area contributed by atoms with Crippen LogP contribution in [0.3, 0.4) is 0 Å². The first-order chi connectivity index (χ1) is 12.5. The highest BCUT2D eigenvalue weighted by Crippen LogP contribution is 2.22. The molecule has 1 aliphatic heterocycles. The van der Waals surface area contributed by atoms with Crippen molar-refractivity contribution in [2.75, 3.05) is 37.4 Å². The minimum atomic E-state index is -0.0681. The number of carbonyl (C=O) groups is 2. The predicted octanol–water partition coefficient (Wildman–Crippen LogP) is 2.64. The second kappa shape index (κ2) is 7.99. The van der Waals surface area contributed by atoms with Crippen LogP contribution in [0.25, 0.3) is 0 Å². The monoisotopic (exact) mass is 352 g/mol. The normalized spacial score (nSPS) is 14.8. The van der Waals surface area contributed by atoms with Gasteiger partial charge >= 0.3 is 0 Å². The zero-order chi connectivity index (χ0) is 18.5. The van der Waals surface area contributed by atoms with E-state index in [2.05, 4.69) is 10.3 Å². The molecule has 0 radical (unpaired) electrons. The van der Waals surface area contributed by atoms with E-state index in [1.54, 1.807) is 29.4 Å². The lowest BCUT2D eigenvalue weighted by Crippen LogP contribution is -2.41. The molecule has 2 amide bonds. The van der Waals surface area contributed by atoms with Crippen molar-refractivity contribution in [3.8, 4) is 0 Å². The standard InChI is InChI=1S/C20H24N4O2/c1-23(2)18-7-5-17(6-8-18)22-19(25)15-9-12-24(13-10-15)20(26)16-4-3-11-21-14-16/h3-8,11,14-15H,9-10,12-13H2,1-2H3,(H,22,25). The largest absolute Gasteiger partial charge is 0.378 e. The molecule has 0 saturated carbocycles. The highest BCUT2D eigenvalue weighted by Gasteiger charge is 2.27. The first-order valence-electron chi connectivity index (χ1n) is 8.82. The van der Waals surface area contributed by atoms with Crippen molar-refractivity contribution in [2.24, 2.45) is 5.92 Å². The zero-order valence-corrected chi connectivity index (χ0v) is 15.2. The van der Waals surface area contributed by atoms with Gasteiger partial charge < -0.3 is 15.1 Å². The van der Waals surface area contributed by atoms with E-state index in [0.717, 1.165) is 11.4 Å². The summed E-state index contributed by atoms with van der Waals surface area (Å²) in [6.45, 7) is 1.18. The summed E-state index contributed by atoms with van der Waals surface area (Å²) in [5.41, 5.74) is 2.48. The molecule has 0 aliphatic carbocycles. The maximum atomic E-state index is 12.5. The van der Waals surface area contributed by atoms with Crippen molar-refractivity contribution in [3.63, 3.8) is 0 Å². The van der Waals surface area contributed by atoms with Crippen LogP contribution in [0.15, 0.2) is 48.8 Å². The molecule has 1 aliphatic rings. The van der Waals surface area contributed by atoms with E-state index in [-0.39, 0.29) is 17.7 Å². The van der Waals surface area contributed by atoms with Gasteiger partial charge in [-0.2, -0.15) is 0 Å². The van der Waals surface area contributed by atoms with Gasteiger partial charge in [0.25, 0.3) is 5.91 Å². The van der Waals surface area contributed by atoms with Crippen molar-refractivity contribution in [3.05, 3.63) is 54.4 Å². The molecule has 1 aromatic carbocycles. The number of rotatable bonds is 4. The van der Waals surface area contributed by atoms with Crippen LogP contribution in [-0.4, -0.2) is 48.9 Å². The van der Waals surface area contributed by atoms with Crippen LogP contribution in [0.4, 0.5) is 11.4 Å². The molecule has 1 saturated heterocycles. The summed E-state index contributed by atoms with van der Waals surface area (Å²) in [4.78, 5) is 32.7. The minimum Gasteiger partial charge on any atom is -0.378 e. The molecule has 1 N–H and O–H groups in total. The minimum absolute atomic E-state index is 0.0174. The molecule has 6 nitrogen and oxygen atoms in total. The van der Waals surface area contributed by atoms with Gasteiger partial charge in [0.1, 0.15) is 0 Å². The number of aromatic nitrogens is 1. The lowest BCUT2D eigenvalue weighted by Gasteiger charge is -2.31. The quantitative estimate of drug-likeness (QED) is 0.919. The molecule has 26 heavy (non-hydrogen) atoms. The van der Waals surface area contributed by atoms with Crippen molar-refractivity contribution in [1.82, 2.24) is 9.88 Å². The van der Waals surface area contributed by atoms with Crippen LogP contribution < -0.4 is 10.2 Å². The molecule has 1 aromatic heterocycles. The smallest absolute Gasteiger partial charge is 0.255 e. The summed E-state index contributed by atoms with van der Waals surface area (Å²) in [6.07, 6.45) is 4.58. The number of hydrogen-bond acceptors (Lipinski definition) is 4. The van der Waals surface area contributed by atoms with Crippen LogP contribution in [0.1, 0.15) is 23.2 Å². The Hall–Kier alpha value is -2.89. The number of benzene rings is 1. The number of piperidine rings is 1.